The van der Waals surface area contributed by atoms with Crippen molar-refractivity contribution in [3.8, 4) is 0 Å². The van der Waals surface area contributed by atoms with Crippen LogP contribution in [-0.2, 0) is 33.3 Å². The Hall–Kier alpha value is -1.56. The van der Waals surface area contributed by atoms with Gasteiger partial charge in [0.2, 0.25) is 0 Å². The first-order valence-electron chi connectivity index (χ1n) is 15.8. The summed E-state index contributed by atoms with van der Waals surface area (Å²) in [4.78, 5) is 24.3. The zero-order valence-corrected chi connectivity index (χ0v) is 25.5. The fourth-order valence-corrected chi connectivity index (χ4v) is 10.5. The smallest absolute Gasteiger partial charge is 0.331 e. The summed E-state index contributed by atoms with van der Waals surface area (Å²) in [6, 6.07) is 0. The second-order valence-corrected chi connectivity index (χ2v) is 14.4. The number of cyclic esters (lactones) is 1. The lowest BCUT2D eigenvalue weighted by Crippen LogP contribution is -2.66. The number of methoxy groups -OCH3 is 1. The number of aliphatic hydroxyl groups excluding tert-OH is 2. The molecule has 236 valence electrons. The van der Waals surface area contributed by atoms with Crippen LogP contribution in [0, 0.1) is 34.5 Å². The van der Waals surface area contributed by atoms with Gasteiger partial charge in [0.25, 0.3) is 0 Å². The fraction of sp³-hybridized carbons (Fsp3) is 0.875. The van der Waals surface area contributed by atoms with Gasteiger partial charge in [-0.15, -0.1) is 0 Å². The largest absolute Gasteiger partial charge is 0.462 e. The van der Waals surface area contributed by atoms with Crippen LogP contribution < -0.4 is 0 Å². The molecule has 0 amide bonds. The highest BCUT2D eigenvalue weighted by molar-refractivity contribution is 5.85. The van der Waals surface area contributed by atoms with Crippen LogP contribution in [0.5, 0.6) is 0 Å². The van der Waals surface area contributed by atoms with Crippen LogP contribution in [0.4, 0.5) is 0 Å². The molecule has 0 radical (unpaired) electrons. The van der Waals surface area contributed by atoms with Crippen molar-refractivity contribution >= 4 is 11.9 Å². The van der Waals surface area contributed by atoms with Crippen molar-refractivity contribution in [2.75, 3.05) is 13.7 Å². The molecule has 42 heavy (non-hydrogen) atoms. The maximum Gasteiger partial charge on any atom is 0.331 e. The third kappa shape index (κ3) is 4.50. The fourth-order valence-electron chi connectivity index (χ4n) is 10.5. The van der Waals surface area contributed by atoms with E-state index in [-0.39, 0.29) is 52.5 Å². The molecular weight excluding hydrogens is 544 g/mol. The van der Waals surface area contributed by atoms with Gasteiger partial charge in [0.1, 0.15) is 31.0 Å². The van der Waals surface area contributed by atoms with E-state index < -0.39 is 42.4 Å². The Kier molecular flexibility index (Phi) is 7.84. The minimum absolute atomic E-state index is 0.0601. The summed E-state index contributed by atoms with van der Waals surface area (Å²) in [5, 5.41) is 33.8. The van der Waals surface area contributed by atoms with Crippen LogP contribution in [0.1, 0.15) is 79.1 Å². The van der Waals surface area contributed by atoms with Gasteiger partial charge < -0.3 is 39.0 Å². The van der Waals surface area contributed by atoms with E-state index in [1.807, 2.05) is 0 Å². The molecule has 1 saturated heterocycles. The molecule has 14 atom stereocenters. The van der Waals surface area contributed by atoms with E-state index >= 15 is 0 Å². The number of rotatable bonds is 5. The lowest BCUT2D eigenvalue weighted by Gasteiger charge is -2.65. The van der Waals surface area contributed by atoms with Crippen molar-refractivity contribution in [1.29, 1.82) is 0 Å². The van der Waals surface area contributed by atoms with Gasteiger partial charge in [-0.05, 0) is 81.1 Å². The second kappa shape index (κ2) is 10.8. The molecule has 0 unspecified atom stereocenters. The summed E-state index contributed by atoms with van der Waals surface area (Å²) >= 11 is 0. The van der Waals surface area contributed by atoms with Gasteiger partial charge >= 0.3 is 11.9 Å². The Morgan fingerprint density at radius 3 is 2.48 bits per heavy atom. The van der Waals surface area contributed by atoms with Gasteiger partial charge in [0.05, 0.1) is 17.8 Å². The van der Waals surface area contributed by atoms with Crippen LogP contribution in [0.25, 0.3) is 0 Å². The van der Waals surface area contributed by atoms with Gasteiger partial charge in [-0.3, -0.25) is 4.79 Å². The molecule has 2 aliphatic heterocycles. The number of carbonyl (C=O) groups is 2. The Morgan fingerprint density at radius 2 is 1.81 bits per heavy atom. The van der Waals surface area contributed by atoms with E-state index in [0.29, 0.717) is 19.4 Å². The standard InChI is InChI=1S/C32H48O10/c1-16-26(35)28(38-5)27(36)29(40-16)42-20-13-19-6-7-23-22(31(19,4)24(14-20)41-17(2)33)8-10-30(3)21(9-11-32(23,30)37)18-12-25(34)39-15-18/h12,16,19-24,26-29,35-37H,6-11,13-15H2,1-5H3/t16-,19-,20+,21-,22+,23-,24-,26+,27+,28-,29-,30+,31-,32-/m0/s1. The number of hydrogen-bond acceptors (Lipinski definition) is 10. The highest BCUT2D eigenvalue weighted by Crippen LogP contribution is 2.70. The van der Waals surface area contributed by atoms with E-state index in [1.54, 1.807) is 13.0 Å². The molecule has 10 nitrogen and oxygen atoms in total. The van der Waals surface area contributed by atoms with Gasteiger partial charge in [0, 0.05) is 37.4 Å². The van der Waals surface area contributed by atoms with E-state index in [2.05, 4.69) is 13.8 Å². The summed E-state index contributed by atoms with van der Waals surface area (Å²) < 4.78 is 28.9. The van der Waals surface area contributed by atoms with Crippen molar-refractivity contribution in [3.05, 3.63) is 11.6 Å². The molecule has 4 saturated carbocycles. The van der Waals surface area contributed by atoms with Crippen LogP contribution in [0.15, 0.2) is 11.6 Å². The Morgan fingerprint density at radius 1 is 1.05 bits per heavy atom. The summed E-state index contributed by atoms with van der Waals surface area (Å²) in [5.41, 5.74) is -0.555. The molecule has 10 heteroatoms. The van der Waals surface area contributed by atoms with Gasteiger partial charge in [-0.2, -0.15) is 0 Å². The molecule has 0 bridgehead atoms. The molecule has 2 heterocycles. The zero-order valence-electron chi connectivity index (χ0n) is 25.5. The molecule has 6 aliphatic rings. The number of esters is 2. The molecule has 0 aromatic heterocycles. The third-order valence-corrected chi connectivity index (χ3v) is 12.7. The van der Waals surface area contributed by atoms with Crippen molar-refractivity contribution in [2.45, 2.75) is 128 Å². The zero-order chi connectivity index (χ0) is 30.2. The Balaban J connectivity index is 1.24. The highest BCUT2D eigenvalue weighted by Gasteiger charge is 2.69. The van der Waals surface area contributed by atoms with Gasteiger partial charge in [-0.1, -0.05) is 13.8 Å². The molecule has 5 fully saturated rings. The minimum Gasteiger partial charge on any atom is -0.462 e. The topological polar surface area (TPSA) is 141 Å². The first kappa shape index (κ1) is 30.5. The normalized spacial score (nSPS) is 52.0. The van der Waals surface area contributed by atoms with Crippen molar-refractivity contribution in [1.82, 2.24) is 0 Å². The average Bonchev–Trinajstić information content (AvgIpc) is 3.47. The number of aliphatic hydroxyl groups is 3. The van der Waals surface area contributed by atoms with Gasteiger partial charge in [0.15, 0.2) is 6.29 Å². The van der Waals surface area contributed by atoms with Gasteiger partial charge in [-0.25, -0.2) is 4.79 Å². The number of ether oxygens (including phenoxy) is 5. The van der Waals surface area contributed by atoms with Crippen molar-refractivity contribution in [3.63, 3.8) is 0 Å². The first-order chi connectivity index (χ1) is 19.8. The molecule has 0 aromatic carbocycles. The van der Waals surface area contributed by atoms with Crippen molar-refractivity contribution in [2.24, 2.45) is 34.5 Å². The van der Waals surface area contributed by atoms with E-state index in [1.165, 1.54) is 14.0 Å². The maximum absolute atomic E-state index is 12.6. The number of carbonyl (C=O) groups excluding carboxylic acids is 2. The summed E-state index contributed by atoms with van der Waals surface area (Å²) in [7, 11) is 1.45. The monoisotopic (exact) mass is 592 g/mol. The quantitative estimate of drug-likeness (QED) is 0.322. The highest BCUT2D eigenvalue weighted by atomic mass is 16.7. The lowest BCUT2D eigenvalue weighted by atomic mass is 9.42. The van der Waals surface area contributed by atoms with E-state index in [0.717, 1.165) is 44.1 Å². The SMILES string of the molecule is CO[C@@H]1[C@@H](O)[C@H](O[C@@H]2C[C@@H]3CC[C@H]4[C@@H](CC[C@]5(C)[C@H](C6=CC(=O)OC6)CC[C@]45O)[C@@]3(C)[C@@H](OC(C)=O)C2)O[C@@H](C)[C@H]1O. The van der Waals surface area contributed by atoms with Crippen LogP contribution in [0.3, 0.4) is 0 Å². The number of fused-ring (bicyclic) bond motifs is 5. The predicted octanol–water partition coefficient (Wildman–Crippen LogP) is 2.65. The first-order valence-corrected chi connectivity index (χ1v) is 15.8. The molecule has 3 N–H and O–H groups in total. The molecular formula is C32H48O10. The summed E-state index contributed by atoms with van der Waals surface area (Å²) in [5.74, 6) is -0.0945. The average molecular weight is 593 g/mol. The predicted molar refractivity (Wildman–Crippen MR) is 149 cm³/mol. The summed E-state index contributed by atoms with van der Waals surface area (Å²) in [6.45, 7) is 7.93. The molecule has 0 aromatic rings. The van der Waals surface area contributed by atoms with E-state index in [4.69, 9.17) is 23.7 Å². The Bertz CT molecular complexity index is 1110. The molecule has 6 rings (SSSR count). The Labute approximate surface area is 248 Å². The third-order valence-electron chi connectivity index (χ3n) is 12.7. The molecule has 0 spiro atoms. The second-order valence-electron chi connectivity index (χ2n) is 14.4. The van der Waals surface area contributed by atoms with Crippen LogP contribution >= 0.6 is 0 Å². The molecule has 4 aliphatic carbocycles. The minimum atomic E-state index is -1.16. The van der Waals surface area contributed by atoms with Crippen LogP contribution in [-0.4, -0.2) is 89.5 Å². The van der Waals surface area contributed by atoms with Crippen molar-refractivity contribution < 1.29 is 48.6 Å². The van der Waals surface area contributed by atoms with E-state index in [9.17, 15) is 24.9 Å². The lowest BCUT2D eigenvalue weighted by molar-refractivity contribution is -0.318. The number of hydrogen-bond donors (Lipinski definition) is 3. The van der Waals surface area contributed by atoms with Crippen LogP contribution in [0.2, 0.25) is 0 Å². The summed E-state index contributed by atoms with van der Waals surface area (Å²) in [6.07, 6.45) is 2.58. The maximum atomic E-state index is 12.6.